The Kier molecular flexibility index (Phi) is 6.61. The molecule has 0 spiro atoms. The van der Waals surface area contributed by atoms with Gasteiger partial charge in [0, 0.05) is 18.2 Å². The van der Waals surface area contributed by atoms with Crippen molar-refractivity contribution >= 4 is 33.0 Å². The number of nitrogens with one attached hydrogen (secondary N) is 1. The largest absolute Gasteiger partial charge is 0.396 e. The van der Waals surface area contributed by atoms with Crippen molar-refractivity contribution in [2.24, 2.45) is 0 Å². The van der Waals surface area contributed by atoms with Crippen molar-refractivity contribution in [1.82, 2.24) is 4.72 Å². The molecule has 0 bridgehead atoms. The number of benzene rings is 1. The summed E-state index contributed by atoms with van der Waals surface area (Å²) in [5, 5.41) is 13.6. The van der Waals surface area contributed by atoms with E-state index in [1.165, 1.54) is 0 Å². The van der Waals surface area contributed by atoms with Crippen molar-refractivity contribution in [1.29, 1.82) is 0 Å². The lowest BCUT2D eigenvalue weighted by molar-refractivity contribution is 0.273. The first-order chi connectivity index (χ1) is 11.0. The zero-order chi connectivity index (χ0) is 16.9. The van der Waals surface area contributed by atoms with Crippen LogP contribution in [-0.2, 0) is 10.0 Å². The normalized spacial score (nSPS) is 13.2. The molecule has 0 saturated carbocycles. The van der Waals surface area contributed by atoms with Gasteiger partial charge in [-0.2, -0.15) is 11.3 Å². The molecule has 4 nitrogen and oxygen atoms in total. The Bertz CT molecular complexity index is 730. The molecule has 0 aliphatic carbocycles. The third-order valence-electron chi connectivity index (χ3n) is 3.78. The lowest BCUT2D eigenvalue weighted by Crippen LogP contribution is -2.26. The lowest BCUT2D eigenvalue weighted by atomic mass is 9.95. The minimum absolute atomic E-state index is 0.0840. The number of halogens is 1. The number of thiophene rings is 1. The first-order valence-electron chi connectivity index (χ1n) is 7.33. The van der Waals surface area contributed by atoms with Crippen LogP contribution in [0.15, 0.2) is 39.9 Å². The number of hydrogen-bond donors (Lipinski definition) is 2. The standard InChI is InChI=1S/C16H20ClNO3S2/c1-12-15(17)3-2-4-16(12)23(20,21)18-8-5-13(6-9-19)14-7-10-22-11-14/h2-4,7,10-11,13,18-19H,5-6,8-9H2,1H3. The highest BCUT2D eigenvalue weighted by atomic mass is 35.5. The summed E-state index contributed by atoms with van der Waals surface area (Å²) in [6, 6.07) is 6.86. The molecule has 2 rings (SSSR count). The van der Waals surface area contributed by atoms with Crippen molar-refractivity contribution in [3.8, 4) is 0 Å². The van der Waals surface area contributed by atoms with Crippen LogP contribution in [-0.4, -0.2) is 26.7 Å². The first kappa shape index (κ1) is 18.4. The second-order valence-corrected chi connectivity index (χ2v) is 8.24. The average Bonchev–Trinajstić information content (AvgIpc) is 3.03. The van der Waals surface area contributed by atoms with E-state index in [1.54, 1.807) is 36.5 Å². The molecule has 1 unspecified atom stereocenters. The number of aliphatic hydroxyl groups excluding tert-OH is 1. The Balaban J connectivity index is 2.03. The van der Waals surface area contributed by atoms with Gasteiger partial charge >= 0.3 is 0 Å². The molecule has 126 valence electrons. The van der Waals surface area contributed by atoms with E-state index in [-0.39, 0.29) is 17.4 Å². The molecule has 0 saturated heterocycles. The molecule has 7 heteroatoms. The predicted molar refractivity (Wildman–Crippen MR) is 94.8 cm³/mol. The average molecular weight is 374 g/mol. The van der Waals surface area contributed by atoms with E-state index in [9.17, 15) is 13.5 Å². The van der Waals surface area contributed by atoms with Crippen LogP contribution in [0.4, 0.5) is 0 Å². The molecule has 1 atom stereocenters. The Hall–Kier alpha value is -0.920. The van der Waals surface area contributed by atoms with Gasteiger partial charge in [0.1, 0.15) is 0 Å². The third-order valence-corrected chi connectivity index (χ3v) is 6.50. The molecule has 0 radical (unpaired) electrons. The fourth-order valence-electron chi connectivity index (χ4n) is 2.46. The van der Waals surface area contributed by atoms with Crippen LogP contribution >= 0.6 is 22.9 Å². The Morgan fingerprint density at radius 2 is 2.09 bits per heavy atom. The smallest absolute Gasteiger partial charge is 0.240 e. The number of aliphatic hydroxyl groups is 1. The van der Waals surface area contributed by atoms with Crippen LogP contribution in [0.5, 0.6) is 0 Å². The van der Waals surface area contributed by atoms with Crippen molar-refractivity contribution in [2.45, 2.75) is 30.6 Å². The molecule has 0 fully saturated rings. The molecule has 1 heterocycles. The molecule has 0 aliphatic rings. The van der Waals surface area contributed by atoms with Gasteiger partial charge in [-0.3, -0.25) is 0 Å². The maximum Gasteiger partial charge on any atom is 0.240 e. The van der Waals surface area contributed by atoms with E-state index in [4.69, 9.17) is 11.6 Å². The van der Waals surface area contributed by atoms with Crippen LogP contribution in [0.2, 0.25) is 5.02 Å². The van der Waals surface area contributed by atoms with Crippen LogP contribution in [0.25, 0.3) is 0 Å². The van der Waals surface area contributed by atoms with Crippen LogP contribution in [0.1, 0.15) is 29.9 Å². The monoisotopic (exact) mass is 373 g/mol. The van der Waals surface area contributed by atoms with Crippen molar-refractivity contribution < 1.29 is 13.5 Å². The molecule has 2 aromatic rings. The molecule has 1 aromatic heterocycles. The third kappa shape index (κ3) is 4.78. The second kappa shape index (κ2) is 8.26. The fraction of sp³-hybridized carbons (Fsp3) is 0.375. The summed E-state index contributed by atoms with van der Waals surface area (Å²) in [4.78, 5) is 0.208. The number of hydrogen-bond acceptors (Lipinski definition) is 4. The Morgan fingerprint density at radius 1 is 1.30 bits per heavy atom. The van der Waals surface area contributed by atoms with E-state index in [0.717, 1.165) is 5.56 Å². The molecule has 1 aromatic carbocycles. The Labute approximate surface area is 146 Å². The van der Waals surface area contributed by atoms with E-state index < -0.39 is 10.0 Å². The molecule has 0 amide bonds. The highest BCUT2D eigenvalue weighted by Crippen LogP contribution is 2.26. The van der Waals surface area contributed by atoms with Crippen molar-refractivity contribution in [3.05, 3.63) is 51.2 Å². The van der Waals surface area contributed by atoms with E-state index in [2.05, 4.69) is 4.72 Å². The van der Waals surface area contributed by atoms with Crippen LogP contribution in [0.3, 0.4) is 0 Å². The molecular formula is C16H20ClNO3S2. The van der Waals surface area contributed by atoms with Crippen molar-refractivity contribution in [3.63, 3.8) is 0 Å². The van der Waals surface area contributed by atoms with Gasteiger partial charge < -0.3 is 5.11 Å². The zero-order valence-corrected chi connectivity index (χ0v) is 15.2. The van der Waals surface area contributed by atoms with E-state index in [1.807, 2.05) is 16.8 Å². The van der Waals surface area contributed by atoms with E-state index >= 15 is 0 Å². The summed E-state index contributed by atoms with van der Waals surface area (Å²) in [5.41, 5.74) is 1.69. The molecular weight excluding hydrogens is 354 g/mol. The minimum atomic E-state index is -3.59. The van der Waals surface area contributed by atoms with Gasteiger partial charge in [0.15, 0.2) is 0 Å². The van der Waals surface area contributed by atoms with Gasteiger partial charge in [-0.25, -0.2) is 13.1 Å². The minimum Gasteiger partial charge on any atom is -0.396 e. The number of rotatable bonds is 8. The number of sulfonamides is 1. The van der Waals surface area contributed by atoms with Gasteiger partial charge in [-0.15, -0.1) is 0 Å². The van der Waals surface area contributed by atoms with Gasteiger partial charge in [0.25, 0.3) is 0 Å². The summed E-state index contributed by atoms with van der Waals surface area (Å²) in [7, 11) is -3.59. The zero-order valence-electron chi connectivity index (χ0n) is 12.8. The summed E-state index contributed by atoms with van der Waals surface area (Å²) >= 11 is 7.59. The first-order valence-corrected chi connectivity index (χ1v) is 10.1. The van der Waals surface area contributed by atoms with Crippen LogP contribution in [0, 0.1) is 6.92 Å². The Morgan fingerprint density at radius 3 is 2.74 bits per heavy atom. The van der Waals surface area contributed by atoms with Gasteiger partial charge in [-0.05, 0) is 65.8 Å². The lowest BCUT2D eigenvalue weighted by Gasteiger charge is -2.16. The van der Waals surface area contributed by atoms with Crippen molar-refractivity contribution in [2.75, 3.05) is 13.2 Å². The second-order valence-electron chi connectivity index (χ2n) is 5.32. The van der Waals surface area contributed by atoms with Crippen LogP contribution < -0.4 is 4.72 Å². The van der Waals surface area contributed by atoms with Gasteiger partial charge in [-0.1, -0.05) is 17.7 Å². The van der Waals surface area contributed by atoms with E-state index in [0.29, 0.717) is 30.0 Å². The summed E-state index contributed by atoms with van der Waals surface area (Å²) in [5.74, 6) is 0.148. The SMILES string of the molecule is Cc1c(Cl)cccc1S(=O)(=O)NCCC(CCO)c1ccsc1. The molecule has 0 aliphatic heterocycles. The topological polar surface area (TPSA) is 66.4 Å². The molecule has 23 heavy (non-hydrogen) atoms. The quantitative estimate of drug-likeness (QED) is 0.743. The molecule has 2 N–H and O–H groups in total. The predicted octanol–water partition coefficient (Wildman–Crippen LogP) is 3.54. The summed E-state index contributed by atoms with van der Waals surface area (Å²) in [6.45, 7) is 2.09. The highest BCUT2D eigenvalue weighted by Gasteiger charge is 2.19. The van der Waals surface area contributed by atoms with Gasteiger partial charge in [0.05, 0.1) is 4.90 Å². The maximum absolute atomic E-state index is 12.4. The highest BCUT2D eigenvalue weighted by molar-refractivity contribution is 7.89. The summed E-state index contributed by atoms with van der Waals surface area (Å²) in [6.07, 6.45) is 1.25. The maximum atomic E-state index is 12.4. The summed E-state index contributed by atoms with van der Waals surface area (Å²) < 4.78 is 27.5. The van der Waals surface area contributed by atoms with Gasteiger partial charge in [0.2, 0.25) is 10.0 Å². The fourth-order valence-corrected chi connectivity index (χ4v) is 4.75.